The summed E-state index contributed by atoms with van der Waals surface area (Å²) in [6.45, 7) is 2.90. The quantitative estimate of drug-likeness (QED) is 0.495. The number of amides is 3. The number of hydrogen-bond acceptors (Lipinski definition) is 5. The third-order valence-electron chi connectivity index (χ3n) is 2.85. The SMILES string of the molecule is Cc1cnc(=O)[nH]c1C1NC(=O)NC(=O)C1(C)O. The molecular formula is C10H12N4O4. The fourth-order valence-electron chi connectivity index (χ4n) is 1.79. The molecule has 96 valence electrons. The molecule has 0 radical (unpaired) electrons. The van der Waals surface area contributed by atoms with Crippen molar-refractivity contribution in [3.63, 3.8) is 0 Å². The van der Waals surface area contributed by atoms with Crippen LogP contribution in [0.4, 0.5) is 4.79 Å². The molecule has 3 amide bonds. The zero-order chi connectivity index (χ0) is 13.5. The van der Waals surface area contributed by atoms with Gasteiger partial charge in [0.2, 0.25) is 0 Å². The number of nitrogens with zero attached hydrogens (tertiary/aromatic N) is 1. The molecule has 2 rings (SSSR count). The molecule has 2 unspecified atom stereocenters. The van der Waals surface area contributed by atoms with Crippen LogP contribution in [-0.2, 0) is 4.79 Å². The van der Waals surface area contributed by atoms with Crippen LogP contribution < -0.4 is 16.3 Å². The van der Waals surface area contributed by atoms with Crippen LogP contribution in [-0.4, -0.2) is 32.6 Å². The molecule has 2 heterocycles. The van der Waals surface area contributed by atoms with E-state index in [-0.39, 0.29) is 5.69 Å². The monoisotopic (exact) mass is 252 g/mol. The van der Waals surface area contributed by atoms with Crippen molar-refractivity contribution in [1.29, 1.82) is 0 Å². The molecule has 1 aromatic heterocycles. The van der Waals surface area contributed by atoms with Crippen LogP contribution >= 0.6 is 0 Å². The van der Waals surface area contributed by atoms with Crippen LogP contribution in [0.3, 0.4) is 0 Å². The lowest BCUT2D eigenvalue weighted by Gasteiger charge is -2.36. The predicted molar refractivity (Wildman–Crippen MR) is 59.6 cm³/mol. The van der Waals surface area contributed by atoms with Gasteiger partial charge in [-0.1, -0.05) is 0 Å². The number of imide groups is 1. The first-order chi connectivity index (χ1) is 8.32. The molecule has 1 aliphatic rings. The van der Waals surface area contributed by atoms with Crippen LogP contribution in [0.15, 0.2) is 11.0 Å². The number of H-pyrrole nitrogens is 1. The summed E-state index contributed by atoms with van der Waals surface area (Å²) in [7, 11) is 0. The van der Waals surface area contributed by atoms with E-state index in [1.54, 1.807) is 6.92 Å². The Morgan fingerprint density at radius 1 is 1.39 bits per heavy atom. The summed E-state index contributed by atoms with van der Waals surface area (Å²) < 4.78 is 0. The summed E-state index contributed by atoms with van der Waals surface area (Å²) in [5, 5.41) is 14.5. The largest absolute Gasteiger partial charge is 0.378 e. The highest BCUT2D eigenvalue weighted by atomic mass is 16.3. The normalized spacial score (nSPS) is 27.6. The first kappa shape index (κ1) is 12.2. The Labute approximate surface area is 101 Å². The van der Waals surface area contributed by atoms with E-state index in [0.29, 0.717) is 5.56 Å². The molecule has 8 heteroatoms. The van der Waals surface area contributed by atoms with E-state index in [9.17, 15) is 19.5 Å². The lowest BCUT2D eigenvalue weighted by Crippen LogP contribution is -2.63. The molecule has 1 aromatic rings. The second kappa shape index (κ2) is 3.91. The van der Waals surface area contributed by atoms with E-state index in [0.717, 1.165) is 0 Å². The van der Waals surface area contributed by atoms with E-state index >= 15 is 0 Å². The van der Waals surface area contributed by atoms with Crippen LogP contribution in [0.5, 0.6) is 0 Å². The van der Waals surface area contributed by atoms with Crippen molar-refractivity contribution in [2.75, 3.05) is 0 Å². The fraction of sp³-hybridized carbons (Fsp3) is 0.400. The Morgan fingerprint density at radius 3 is 2.72 bits per heavy atom. The highest BCUT2D eigenvalue weighted by Crippen LogP contribution is 2.28. The average molecular weight is 252 g/mol. The lowest BCUT2D eigenvalue weighted by molar-refractivity contribution is -0.142. The molecule has 18 heavy (non-hydrogen) atoms. The van der Waals surface area contributed by atoms with Gasteiger partial charge in [-0.3, -0.25) is 10.1 Å². The van der Waals surface area contributed by atoms with Crippen molar-refractivity contribution in [2.45, 2.75) is 25.5 Å². The molecule has 4 N–H and O–H groups in total. The van der Waals surface area contributed by atoms with Gasteiger partial charge in [0.15, 0.2) is 5.60 Å². The van der Waals surface area contributed by atoms with Crippen LogP contribution in [0.2, 0.25) is 0 Å². The molecule has 0 spiro atoms. The highest BCUT2D eigenvalue weighted by Gasteiger charge is 2.46. The molecule has 2 atom stereocenters. The molecule has 0 aromatic carbocycles. The lowest BCUT2D eigenvalue weighted by atomic mass is 9.89. The number of aromatic nitrogens is 2. The van der Waals surface area contributed by atoms with Crippen LogP contribution in [0.25, 0.3) is 0 Å². The summed E-state index contributed by atoms with van der Waals surface area (Å²) in [5.41, 5.74) is -1.67. The third kappa shape index (κ3) is 1.86. The molecule has 0 bridgehead atoms. The zero-order valence-corrected chi connectivity index (χ0v) is 9.77. The van der Waals surface area contributed by atoms with Gasteiger partial charge in [0.05, 0.1) is 0 Å². The van der Waals surface area contributed by atoms with Gasteiger partial charge < -0.3 is 15.4 Å². The number of urea groups is 1. The summed E-state index contributed by atoms with van der Waals surface area (Å²) in [6, 6.07) is -1.76. The number of rotatable bonds is 1. The molecule has 8 nitrogen and oxygen atoms in total. The summed E-state index contributed by atoms with van der Waals surface area (Å²) in [6.07, 6.45) is 1.31. The first-order valence-electron chi connectivity index (χ1n) is 5.22. The summed E-state index contributed by atoms with van der Waals surface area (Å²) >= 11 is 0. The Kier molecular flexibility index (Phi) is 2.66. The number of aliphatic hydroxyl groups is 1. The topological polar surface area (TPSA) is 124 Å². The Morgan fingerprint density at radius 2 is 2.06 bits per heavy atom. The number of aryl methyl sites for hydroxylation is 1. The minimum atomic E-state index is -1.86. The molecule has 1 aliphatic heterocycles. The first-order valence-corrected chi connectivity index (χ1v) is 5.22. The average Bonchev–Trinajstić information content (AvgIpc) is 2.27. The summed E-state index contributed by atoms with van der Waals surface area (Å²) in [5.74, 6) is -0.826. The summed E-state index contributed by atoms with van der Waals surface area (Å²) in [4.78, 5) is 40.0. The van der Waals surface area contributed by atoms with Crippen molar-refractivity contribution < 1.29 is 14.7 Å². The number of hydrogen-bond donors (Lipinski definition) is 4. The molecule has 1 saturated heterocycles. The van der Waals surface area contributed by atoms with Crippen molar-refractivity contribution in [1.82, 2.24) is 20.6 Å². The minimum Gasteiger partial charge on any atom is -0.378 e. The van der Waals surface area contributed by atoms with Gasteiger partial charge in [-0.25, -0.2) is 14.6 Å². The Balaban J connectivity index is 2.53. The van der Waals surface area contributed by atoms with Gasteiger partial charge in [-0.05, 0) is 19.4 Å². The maximum Gasteiger partial charge on any atom is 0.345 e. The molecule has 1 fully saturated rings. The maximum atomic E-state index is 11.6. The van der Waals surface area contributed by atoms with Gasteiger partial charge in [0, 0.05) is 11.9 Å². The fourth-order valence-corrected chi connectivity index (χ4v) is 1.79. The van der Waals surface area contributed by atoms with Gasteiger partial charge in [0.1, 0.15) is 6.04 Å². The van der Waals surface area contributed by atoms with Crippen LogP contribution in [0, 0.1) is 6.92 Å². The van der Waals surface area contributed by atoms with Crippen LogP contribution in [0.1, 0.15) is 24.2 Å². The van der Waals surface area contributed by atoms with E-state index in [4.69, 9.17) is 0 Å². The second-order valence-electron chi connectivity index (χ2n) is 4.29. The van der Waals surface area contributed by atoms with Gasteiger partial charge in [-0.15, -0.1) is 0 Å². The molecular weight excluding hydrogens is 240 g/mol. The number of carbonyl (C=O) groups is 2. The van der Waals surface area contributed by atoms with Gasteiger partial charge in [0.25, 0.3) is 5.91 Å². The number of carbonyl (C=O) groups excluding carboxylic acids is 2. The molecule has 0 aliphatic carbocycles. The smallest absolute Gasteiger partial charge is 0.345 e. The maximum absolute atomic E-state index is 11.6. The van der Waals surface area contributed by atoms with E-state index in [2.05, 4.69) is 15.3 Å². The molecule has 0 saturated carbocycles. The third-order valence-corrected chi connectivity index (χ3v) is 2.85. The number of aromatic amines is 1. The number of nitrogens with one attached hydrogen (secondary N) is 3. The van der Waals surface area contributed by atoms with Crippen molar-refractivity contribution in [3.8, 4) is 0 Å². The van der Waals surface area contributed by atoms with E-state index in [1.807, 2.05) is 5.32 Å². The Bertz CT molecular complexity index is 577. The van der Waals surface area contributed by atoms with Crippen molar-refractivity contribution in [2.24, 2.45) is 0 Å². The second-order valence-corrected chi connectivity index (χ2v) is 4.29. The van der Waals surface area contributed by atoms with Gasteiger partial charge in [-0.2, -0.15) is 0 Å². The Hall–Kier alpha value is -2.22. The minimum absolute atomic E-state index is 0.253. The van der Waals surface area contributed by atoms with Gasteiger partial charge >= 0.3 is 11.7 Å². The predicted octanol–water partition coefficient (Wildman–Crippen LogP) is -1.29. The standard InChI is InChI=1S/C10H12N4O4/c1-4-3-11-8(16)12-5(4)6-10(2,18)7(15)14-9(17)13-6/h3,6,18H,1-2H3,(H,11,12,16)(H2,13,14,15,17). The highest BCUT2D eigenvalue weighted by molar-refractivity contribution is 6.02. The van der Waals surface area contributed by atoms with E-state index in [1.165, 1.54) is 13.1 Å². The van der Waals surface area contributed by atoms with Crippen molar-refractivity contribution in [3.05, 3.63) is 27.9 Å². The zero-order valence-electron chi connectivity index (χ0n) is 9.77. The van der Waals surface area contributed by atoms with E-state index < -0.39 is 29.3 Å². The van der Waals surface area contributed by atoms with Crippen molar-refractivity contribution >= 4 is 11.9 Å².